The Morgan fingerprint density at radius 2 is 1.88 bits per heavy atom. The standard InChI is InChI=1S/C19H25BrN2O2/c20-17-8-4-7-16(13-17)14-22-19(24)10-9-18(23)21-12-11-15-5-2-1-3-6-15/h4-5,7-8,13H,1-3,6,9-12,14H2,(H,21,23)(H,22,24). The fourth-order valence-corrected chi connectivity index (χ4v) is 3.19. The van der Waals surface area contributed by atoms with Crippen molar-refractivity contribution in [1.82, 2.24) is 10.6 Å². The maximum absolute atomic E-state index is 11.8. The Kier molecular flexibility index (Phi) is 8.02. The number of amides is 2. The molecule has 0 spiro atoms. The topological polar surface area (TPSA) is 58.2 Å². The third-order valence-electron chi connectivity index (χ3n) is 4.11. The summed E-state index contributed by atoms with van der Waals surface area (Å²) < 4.78 is 0.988. The van der Waals surface area contributed by atoms with Crippen molar-refractivity contribution in [3.63, 3.8) is 0 Å². The molecule has 0 fully saturated rings. The minimum absolute atomic E-state index is 0.0518. The van der Waals surface area contributed by atoms with Crippen LogP contribution in [-0.4, -0.2) is 18.4 Å². The van der Waals surface area contributed by atoms with Crippen molar-refractivity contribution in [2.75, 3.05) is 6.54 Å². The predicted octanol–water partition coefficient (Wildman–Crippen LogP) is 3.85. The van der Waals surface area contributed by atoms with E-state index in [9.17, 15) is 9.59 Å². The van der Waals surface area contributed by atoms with E-state index in [2.05, 4.69) is 32.6 Å². The highest BCUT2D eigenvalue weighted by atomic mass is 79.9. The third kappa shape index (κ3) is 7.30. The van der Waals surface area contributed by atoms with Crippen molar-refractivity contribution in [3.8, 4) is 0 Å². The second-order valence-electron chi connectivity index (χ2n) is 6.11. The number of hydrogen-bond acceptors (Lipinski definition) is 2. The zero-order valence-corrected chi connectivity index (χ0v) is 15.5. The monoisotopic (exact) mass is 392 g/mol. The first kappa shape index (κ1) is 18.7. The summed E-state index contributed by atoms with van der Waals surface area (Å²) >= 11 is 3.40. The van der Waals surface area contributed by atoms with E-state index in [1.54, 1.807) is 0 Å². The molecule has 0 saturated heterocycles. The summed E-state index contributed by atoms with van der Waals surface area (Å²) in [6, 6.07) is 7.80. The summed E-state index contributed by atoms with van der Waals surface area (Å²) in [7, 11) is 0. The van der Waals surface area contributed by atoms with Crippen LogP contribution in [0.4, 0.5) is 0 Å². The van der Waals surface area contributed by atoms with Crippen molar-refractivity contribution in [1.29, 1.82) is 0 Å². The van der Waals surface area contributed by atoms with Gasteiger partial charge in [-0.1, -0.05) is 39.7 Å². The molecule has 0 saturated carbocycles. The highest BCUT2D eigenvalue weighted by Gasteiger charge is 2.08. The second-order valence-corrected chi connectivity index (χ2v) is 7.03. The molecule has 1 aromatic rings. The lowest BCUT2D eigenvalue weighted by Crippen LogP contribution is -2.28. The van der Waals surface area contributed by atoms with Crippen molar-refractivity contribution < 1.29 is 9.59 Å². The molecule has 4 nitrogen and oxygen atoms in total. The summed E-state index contributed by atoms with van der Waals surface area (Å²) in [4.78, 5) is 23.6. The van der Waals surface area contributed by atoms with Gasteiger partial charge < -0.3 is 10.6 Å². The summed E-state index contributed by atoms with van der Waals surface area (Å²) in [5.41, 5.74) is 2.48. The molecule has 2 amide bonds. The van der Waals surface area contributed by atoms with Crippen molar-refractivity contribution >= 4 is 27.7 Å². The van der Waals surface area contributed by atoms with E-state index in [4.69, 9.17) is 0 Å². The van der Waals surface area contributed by atoms with Crippen LogP contribution in [0.2, 0.25) is 0 Å². The van der Waals surface area contributed by atoms with Crippen LogP contribution in [0, 0.1) is 0 Å². The maximum atomic E-state index is 11.8. The molecule has 0 radical (unpaired) electrons. The van der Waals surface area contributed by atoms with E-state index in [1.165, 1.54) is 24.8 Å². The molecule has 1 aliphatic rings. The normalized spacial score (nSPS) is 14.0. The van der Waals surface area contributed by atoms with Crippen LogP contribution in [0.25, 0.3) is 0 Å². The van der Waals surface area contributed by atoms with Gasteiger partial charge in [-0.25, -0.2) is 0 Å². The highest BCUT2D eigenvalue weighted by molar-refractivity contribution is 9.10. The Hall–Kier alpha value is -1.62. The molecule has 1 aliphatic carbocycles. The van der Waals surface area contributed by atoms with Gasteiger partial charge in [0.15, 0.2) is 0 Å². The Bertz CT molecular complexity index is 599. The predicted molar refractivity (Wildman–Crippen MR) is 99.4 cm³/mol. The number of benzene rings is 1. The molecular weight excluding hydrogens is 368 g/mol. The van der Waals surface area contributed by atoms with Gasteiger partial charge in [0, 0.05) is 30.4 Å². The van der Waals surface area contributed by atoms with Crippen LogP contribution in [0.3, 0.4) is 0 Å². The number of halogens is 1. The van der Waals surface area contributed by atoms with Gasteiger partial charge in [-0.15, -0.1) is 0 Å². The second kappa shape index (κ2) is 10.3. The first-order valence-electron chi connectivity index (χ1n) is 8.59. The molecule has 0 aromatic heterocycles. The van der Waals surface area contributed by atoms with Crippen LogP contribution in [-0.2, 0) is 16.1 Å². The van der Waals surface area contributed by atoms with Crippen molar-refractivity contribution in [3.05, 3.63) is 46.0 Å². The molecule has 24 heavy (non-hydrogen) atoms. The molecular formula is C19H25BrN2O2. The minimum Gasteiger partial charge on any atom is -0.356 e. The Labute approximate surface area is 152 Å². The fourth-order valence-electron chi connectivity index (χ4n) is 2.75. The highest BCUT2D eigenvalue weighted by Crippen LogP contribution is 2.19. The average Bonchev–Trinajstić information content (AvgIpc) is 2.59. The van der Waals surface area contributed by atoms with Gasteiger partial charge in [0.2, 0.25) is 11.8 Å². The lowest BCUT2D eigenvalue weighted by Gasteiger charge is -2.13. The number of nitrogens with one attached hydrogen (secondary N) is 2. The summed E-state index contributed by atoms with van der Waals surface area (Å²) in [6.07, 6.45) is 8.57. The van der Waals surface area contributed by atoms with E-state index < -0.39 is 0 Å². The molecule has 0 atom stereocenters. The van der Waals surface area contributed by atoms with Crippen LogP contribution < -0.4 is 10.6 Å². The number of hydrogen-bond donors (Lipinski definition) is 2. The Balaban J connectivity index is 1.57. The lowest BCUT2D eigenvalue weighted by molar-refractivity contribution is -0.126. The SMILES string of the molecule is O=C(CCC(=O)NCc1cccc(Br)c1)NCCC1=CCCCC1. The first-order chi connectivity index (χ1) is 11.6. The lowest BCUT2D eigenvalue weighted by atomic mass is 9.97. The van der Waals surface area contributed by atoms with Gasteiger partial charge in [0.05, 0.1) is 0 Å². The zero-order valence-electron chi connectivity index (χ0n) is 13.9. The molecule has 0 bridgehead atoms. The summed E-state index contributed by atoms with van der Waals surface area (Å²) in [5.74, 6) is -0.149. The van der Waals surface area contributed by atoms with E-state index >= 15 is 0 Å². The number of allylic oxidation sites excluding steroid dienone is 1. The van der Waals surface area contributed by atoms with Crippen molar-refractivity contribution in [2.24, 2.45) is 0 Å². The average molecular weight is 393 g/mol. The zero-order chi connectivity index (χ0) is 17.2. The van der Waals surface area contributed by atoms with Gasteiger partial charge in [-0.05, 0) is 49.8 Å². The Morgan fingerprint density at radius 1 is 1.08 bits per heavy atom. The minimum atomic E-state index is -0.0971. The van der Waals surface area contributed by atoms with Crippen molar-refractivity contribution in [2.45, 2.75) is 51.5 Å². The van der Waals surface area contributed by atoms with E-state index in [-0.39, 0.29) is 24.7 Å². The molecule has 0 heterocycles. The summed E-state index contributed by atoms with van der Waals surface area (Å²) in [6.45, 7) is 1.15. The van der Waals surface area contributed by atoms with E-state index in [1.807, 2.05) is 24.3 Å². The van der Waals surface area contributed by atoms with Gasteiger partial charge in [-0.3, -0.25) is 9.59 Å². The molecule has 2 rings (SSSR count). The fraction of sp³-hybridized carbons (Fsp3) is 0.474. The van der Waals surface area contributed by atoms with Gasteiger partial charge >= 0.3 is 0 Å². The molecule has 0 aliphatic heterocycles. The smallest absolute Gasteiger partial charge is 0.220 e. The van der Waals surface area contributed by atoms with Crippen LogP contribution >= 0.6 is 15.9 Å². The van der Waals surface area contributed by atoms with Crippen LogP contribution in [0.1, 0.15) is 50.5 Å². The largest absolute Gasteiger partial charge is 0.356 e. The van der Waals surface area contributed by atoms with Crippen LogP contribution in [0.15, 0.2) is 40.4 Å². The van der Waals surface area contributed by atoms with Gasteiger partial charge in [-0.2, -0.15) is 0 Å². The molecule has 0 unspecified atom stereocenters. The van der Waals surface area contributed by atoms with E-state index in [0.717, 1.165) is 22.9 Å². The number of carbonyl (C=O) groups excluding carboxylic acids is 2. The molecule has 130 valence electrons. The molecule has 1 aromatic carbocycles. The van der Waals surface area contributed by atoms with Gasteiger partial charge in [0.1, 0.15) is 0 Å². The number of rotatable bonds is 8. The first-order valence-corrected chi connectivity index (χ1v) is 9.38. The maximum Gasteiger partial charge on any atom is 0.220 e. The molecule has 5 heteroatoms. The van der Waals surface area contributed by atoms with Gasteiger partial charge in [0.25, 0.3) is 0 Å². The van der Waals surface area contributed by atoms with Crippen LogP contribution in [0.5, 0.6) is 0 Å². The number of carbonyl (C=O) groups is 2. The Morgan fingerprint density at radius 3 is 2.58 bits per heavy atom. The van der Waals surface area contributed by atoms with E-state index in [0.29, 0.717) is 13.1 Å². The quantitative estimate of drug-likeness (QED) is 0.659. The third-order valence-corrected chi connectivity index (χ3v) is 4.60. The summed E-state index contributed by atoms with van der Waals surface area (Å²) in [5, 5.41) is 5.74. The molecule has 2 N–H and O–H groups in total.